The van der Waals surface area contributed by atoms with Crippen molar-refractivity contribution in [2.75, 3.05) is 6.54 Å². The van der Waals surface area contributed by atoms with E-state index in [1.165, 1.54) is 5.01 Å². The van der Waals surface area contributed by atoms with E-state index in [0.29, 0.717) is 13.0 Å². The predicted octanol–water partition coefficient (Wildman–Crippen LogP) is 0.481. The summed E-state index contributed by atoms with van der Waals surface area (Å²) in [7, 11) is 0. The Labute approximate surface area is 58.1 Å². The van der Waals surface area contributed by atoms with E-state index in [0.717, 1.165) is 6.42 Å². The highest BCUT2D eigenvalue weighted by molar-refractivity contribution is 5.73. The highest BCUT2D eigenvalue weighted by atomic mass is 16.4. The largest absolute Gasteiger partial charge is 0.480 e. The zero-order valence-corrected chi connectivity index (χ0v) is 5.45. The normalized spacial score (nSPS) is 24.8. The fourth-order valence-electron chi connectivity index (χ4n) is 1.12. The molecular weight excluding hydrogens is 134 g/mol. The van der Waals surface area contributed by atoms with Crippen molar-refractivity contribution in [3.8, 4) is 0 Å². The maximum Gasteiger partial charge on any atom is 0.328 e. The van der Waals surface area contributed by atoms with Crippen LogP contribution in [0.4, 0.5) is 0 Å². The summed E-state index contributed by atoms with van der Waals surface area (Å²) < 4.78 is 0. The molecule has 0 saturated carbocycles. The highest BCUT2D eigenvalue weighted by Gasteiger charge is 2.29. The number of nitrogens with zero attached hydrogens (tertiary/aromatic N) is 2. The number of carbonyl (C=O) groups is 1. The van der Waals surface area contributed by atoms with Crippen molar-refractivity contribution in [2.45, 2.75) is 18.9 Å². The van der Waals surface area contributed by atoms with Crippen LogP contribution in [0.1, 0.15) is 12.8 Å². The van der Waals surface area contributed by atoms with Crippen molar-refractivity contribution in [3.05, 3.63) is 0 Å². The van der Waals surface area contributed by atoms with E-state index in [4.69, 9.17) is 10.6 Å². The van der Waals surface area contributed by atoms with Gasteiger partial charge in [0.15, 0.2) is 0 Å². The quantitative estimate of drug-likeness (QED) is 0.552. The minimum absolute atomic E-state index is 0.558. The van der Waals surface area contributed by atoms with Crippen molar-refractivity contribution in [2.24, 2.45) is 5.22 Å². The Morgan fingerprint density at radius 3 is 2.90 bits per heavy atom. The van der Waals surface area contributed by atoms with Gasteiger partial charge in [-0.05, 0) is 12.8 Å². The second kappa shape index (κ2) is 2.64. The van der Waals surface area contributed by atoms with Crippen LogP contribution in [0.5, 0.6) is 0 Å². The van der Waals surface area contributed by atoms with Gasteiger partial charge in [0.05, 0.1) is 0 Å². The molecule has 1 unspecified atom stereocenters. The molecule has 1 heterocycles. The number of hydrogen-bond donors (Lipinski definition) is 2. The van der Waals surface area contributed by atoms with E-state index >= 15 is 0 Å². The molecule has 10 heavy (non-hydrogen) atoms. The van der Waals surface area contributed by atoms with Crippen LogP contribution in [-0.4, -0.2) is 28.7 Å². The van der Waals surface area contributed by atoms with Crippen LogP contribution in [0.25, 0.3) is 0 Å². The Balaban J connectivity index is 2.58. The monoisotopic (exact) mass is 143 g/mol. The molecule has 0 aromatic heterocycles. The van der Waals surface area contributed by atoms with Crippen LogP contribution >= 0.6 is 0 Å². The van der Waals surface area contributed by atoms with Gasteiger partial charge in [0.25, 0.3) is 0 Å². The van der Waals surface area contributed by atoms with E-state index in [-0.39, 0.29) is 0 Å². The molecule has 1 aliphatic rings. The third-order valence-electron chi connectivity index (χ3n) is 1.64. The first kappa shape index (κ1) is 6.98. The van der Waals surface area contributed by atoms with E-state index < -0.39 is 12.0 Å². The van der Waals surface area contributed by atoms with Gasteiger partial charge in [-0.2, -0.15) is 5.53 Å². The van der Waals surface area contributed by atoms with Gasteiger partial charge in [0.2, 0.25) is 0 Å². The maximum atomic E-state index is 10.4. The molecule has 0 amide bonds. The molecule has 0 aliphatic carbocycles. The Morgan fingerprint density at radius 2 is 2.50 bits per heavy atom. The number of aliphatic carboxylic acids is 1. The minimum atomic E-state index is -0.881. The molecule has 56 valence electrons. The van der Waals surface area contributed by atoms with Crippen molar-refractivity contribution < 1.29 is 9.90 Å². The highest BCUT2D eigenvalue weighted by Crippen LogP contribution is 2.16. The number of rotatable bonds is 2. The number of nitrogens with one attached hydrogen (secondary N) is 1. The second-order valence-corrected chi connectivity index (χ2v) is 2.26. The van der Waals surface area contributed by atoms with Gasteiger partial charge >= 0.3 is 5.97 Å². The van der Waals surface area contributed by atoms with Gasteiger partial charge in [-0.3, -0.25) is 5.01 Å². The van der Waals surface area contributed by atoms with Crippen LogP contribution in [0.15, 0.2) is 5.22 Å². The first-order chi connectivity index (χ1) is 4.75. The van der Waals surface area contributed by atoms with Crippen molar-refractivity contribution in [3.63, 3.8) is 0 Å². The van der Waals surface area contributed by atoms with E-state index in [2.05, 4.69) is 5.22 Å². The zero-order valence-electron chi connectivity index (χ0n) is 5.45. The fourth-order valence-corrected chi connectivity index (χ4v) is 1.12. The molecule has 0 aromatic carbocycles. The van der Waals surface area contributed by atoms with E-state index in [1.54, 1.807) is 0 Å². The number of carboxylic acid groups (broad SMARTS) is 1. The van der Waals surface area contributed by atoms with Gasteiger partial charge in [0.1, 0.15) is 6.04 Å². The molecule has 1 rings (SSSR count). The SMILES string of the molecule is N=NN1CCCC1C(=O)O. The molecule has 0 aromatic rings. The predicted molar refractivity (Wildman–Crippen MR) is 32.5 cm³/mol. The molecule has 0 spiro atoms. The molecule has 5 heteroatoms. The lowest BCUT2D eigenvalue weighted by molar-refractivity contribution is -0.142. The van der Waals surface area contributed by atoms with Crippen molar-refractivity contribution in [1.82, 2.24) is 5.01 Å². The maximum absolute atomic E-state index is 10.4. The molecule has 2 N–H and O–H groups in total. The van der Waals surface area contributed by atoms with Crippen LogP contribution in [0.2, 0.25) is 0 Å². The lowest BCUT2D eigenvalue weighted by Crippen LogP contribution is -2.31. The summed E-state index contributed by atoms with van der Waals surface area (Å²) in [5.41, 5.74) is 6.61. The summed E-state index contributed by atoms with van der Waals surface area (Å²) in [6.45, 7) is 0.598. The average Bonchev–Trinajstić information content (AvgIpc) is 2.33. The molecule has 0 bridgehead atoms. The summed E-state index contributed by atoms with van der Waals surface area (Å²) >= 11 is 0. The lowest BCUT2D eigenvalue weighted by atomic mass is 10.2. The molecule has 1 saturated heterocycles. The van der Waals surface area contributed by atoms with Crippen molar-refractivity contribution >= 4 is 5.97 Å². The average molecular weight is 143 g/mol. The van der Waals surface area contributed by atoms with Crippen LogP contribution in [-0.2, 0) is 4.79 Å². The Morgan fingerprint density at radius 1 is 1.80 bits per heavy atom. The minimum Gasteiger partial charge on any atom is -0.480 e. The molecular formula is C5H9N3O2. The molecule has 5 nitrogen and oxygen atoms in total. The number of hydrogen-bond acceptors (Lipinski definition) is 3. The van der Waals surface area contributed by atoms with Gasteiger partial charge in [0, 0.05) is 6.54 Å². The molecule has 1 aliphatic heterocycles. The van der Waals surface area contributed by atoms with Gasteiger partial charge < -0.3 is 5.11 Å². The lowest BCUT2D eigenvalue weighted by Gasteiger charge is -2.13. The third kappa shape index (κ3) is 1.07. The van der Waals surface area contributed by atoms with E-state index in [9.17, 15) is 4.79 Å². The Kier molecular flexibility index (Phi) is 1.84. The third-order valence-corrected chi connectivity index (χ3v) is 1.64. The standard InChI is InChI=1S/C5H9N3O2/c6-7-8-3-1-2-4(8)5(9)10/h4,6H,1-3H2,(H,9,10). The zero-order chi connectivity index (χ0) is 7.56. The first-order valence-electron chi connectivity index (χ1n) is 3.12. The van der Waals surface area contributed by atoms with Crippen LogP contribution in [0, 0.1) is 5.53 Å². The summed E-state index contributed by atoms with van der Waals surface area (Å²) in [5.74, 6) is -0.881. The Hall–Kier alpha value is -1.13. The summed E-state index contributed by atoms with van der Waals surface area (Å²) in [4.78, 5) is 10.4. The smallest absolute Gasteiger partial charge is 0.328 e. The van der Waals surface area contributed by atoms with Crippen LogP contribution < -0.4 is 0 Å². The van der Waals surface area contributed by atoms with Gasteiger partial charge in [-0.15, -0.1) is 0 Å². The fraction of sp³-hybridized carbons (Fsp3) is 0.800. The van der Waals surface area contributed by atoms with Gasteiger partial charge in [-0.25, -0.2) is 4.79 Å². The van der Waals surface area contributed by atoms with E-state index in [1.807, 2.05) is 0 Å². The first-order valence-corrected chi connectivity index (χ1v) is 3.12. The second-order valence-electron chi connectivity index (χ2n) is 2.26. The molecule has 1 atom stereocenters. The summed E-state index contributed by atoms with van der Waals surface area (Å²) in [6.07, 6.45) is 1.43. The van der Waals surface area contributed by atoms with Crippen molar-refractivity contribution in [1.29, 1.82) is 5.53 Å². The summed E-state index contributed by atoms with van der Waals surface area (Å²) in [5, 5.41) is 12.9. The van der Waals surface area contributed by atoms with Gasteiger partial charge in [-0.1, -0.05) is 5.22 Å². The molecule has 0 radical (unpaired) electrons. The number of carboxylic acids is 1. The Bertz CT molecular complexity index is 159. The topological polar surface area (TPSA) is 76.8 Å². The molecule has 1 fully saturated rings. The summed E-state index contributed by atoms with van der Waals surface area (Å²) in [6, 6.07) is -0.558. The van der Waals surface area contributed by atoms with Crippen LogP contribution in [0.3, 0.4) is 0 Å².